The number of rotatable bonds is 4. The van der Waals surface area contributed by atoms with Gasteiger partial charge in [-0.15, -0.1) is 11.3 Å². The van der Waals surface area contributed by atoms with Gasteiger partial charge in [0.2, 0.25) is 0 Å². The van der Waals surface area contributed by atoms with Crippen LogP contribution in [0.25, 0.3) is 0 Å². The van der Waals surface area contributed by atoms with Crippen LogP contribution < -0.4 is 0 Å². The van der Waals surface area contributed by atoms with Crippen molar-refractivity contribution in [1.82, 2.24) is 4.98 Å². The second kappa shape index (κ2) is 5.28. The summed E-state index contributed by atoms with van der Waals surface area (Å²) in [7, 11) is 0. The number of hydrogen-bond acceptors (Lipinski definition) is 3. The lowest BCUT2D eigenvalue weighted by Crippen LogP contribution is -2.28. The lowest BCUT2D eigenvalue weighted by atomic mass is 9.71. The van der Waals surface area contributed by atoms with Crippen LogP contribution in [0.3, 0.4) is 0 Å². The van der Waals surface area contributed by atoms with Gasteiger partial charge in [-0.3, -0.25) is 0 Å². The number of aliphatic hydroxyl groups excluding tert-OH is 1. The topological polar surface area (TPSA) is 33.1 Å². The fraction of sp³-hybridized carbons (Fsp3) is 0.769. The average Bonchev–Trinajstić information content (AvgIpc) is 2.74. The third kappa shape index (κ3) is 2.64. The van der Waals surface area contributed by atoms with Crippen molar-refractivity contribution in [3.05, 3.63) is 16.1 Å². The molecule has 1 saturated carbocycles. The van der Waals surface area contributed by atoms with Crippen molar-refractivity contribution >= 4 is 11.3 Å². The van der Waals surface area contributed by atoms with Crippen molar-refractivity contribution < 1.29 is 5.11 Å². The SMILES string of the molecule is Cc1ncsc1CCC1(CO)CCCCC1. The minimum atomic E-state index is 0.217. The minimum Gasteiger partial charge on any atom is -0.396 e. The van der Waals surface area contributed by atoms with E-state index in [0.717, 1.165) is 12.8 Å². The van der Waals surface area contributed by atoms with Gasteiger partial charge < -0.3 is 5.11 Å². The van der Waals surface area contributed by atoms with Gasteiger partial charge in [-0.25, -0.2) is 4.98 Å². The third-order valence-electron chi connectivity index (χ3n) is 3.98. The Hall–Kier alpha value is -0.410. The fourth-order valence-electron chi connectivity index (χ4n) is 2.73. The first-order valence-corrected chi connectivity index (χ1v) is 7.14. The lowest BCUT2D eigenvalue weighted by Gasteiger charge is -2.35. The molecular weight excluding hydrogens is 218 g/mol. The second-order valence-electron chi connectivity index (χ2n) is 5.08. The summed E-state index contributed by atoms with van der Waals surface area (Å²) in [6.45, 7) is 2.45. The normalized spacial score (nSPS) is 19.9. The molecule has 90 valence electrons. The molecule has 0 bridgehead atoms. The van der Waals surface area contributed by atoms with Gasteiger partial charge in [-0.1, -0.05) is 19.3 Å². The van der Waals surface area contributed by atoms with Gasteiger partial charge in [0.15, 0.2) is 0 Å². The molecule has 1 fully saturated rings. The highest BCUT2D eigenvalue weighted by Gasteiger charge is 2.31. The first-order valence-electron chi connectivity index (χ1n) is 6.26. The maximum atomic E-state index is 9.63. The van der Waals surface area contributed by atoms with E-state index in [4.69, 9.17) is 0 Å². The Labute approximate surface area is 102 Å². The average molecular weight is 239 g/mol. The van der Waals surface area contributed by atoms with Gasteiger partial charge in [0.05, 0.1) is 11.2 Å². The summed E-state index contributed by atoms with van der Waals surface area (Å²) in [5.41, 5.74) is 3.32. The number of aromatic nitrogens is 1. The molecule has 1 aliphatic rings. The molecule has 1 aliphatic carbocycles. The van der Waals surface area contributed by atoms with Gasteiger partial charge >= 0.3 is 0 Å². The van der Waals surface area contributed by atoms with Crippen LogP contribution >= 0.6 is 11.3 Å². The molecule has 2 rings (SSSR count). The molecule has 0 amide bonds. The van der Waals surface area contributed by atoms with E-state index in [1.54, 1.807) is 11.3 Å². The molecule has 0 saturated heterocycles. The largest absolute Gasteiger partial charge is 0.396 e. The van der Waals surface area contributed by atoms with E-state index in [0.29, 0.717) is 6.61 Å². The van der Waals surface area contributed by atoms with E-state index in [-0.39, 0.29) is 5.41 Å². The van der Waals surface area contributed by atoms with Gasteiger partial charge in [0.25, 0.3) is 0 Å². The number of aliphatic hydroxyl groups is 1. The Kier molecular flexibility index (Phi) is 3.98. The van der Waals surface area contributed by atoms with Crippen molar-refractivity contribution in [3.63, 3.8) is 0 Å². The maximum Gasteiger partial charge on any atom is 0.0797 e. The molecule has 0 radical (unpaired) electrons. The molecule has 1 heterocycles. The number of thiazole rings is 1. The van der Waals surface area contributed by atoms with E-state index < -0.39 is 0 Å². The molecule has 0 atom stereocenters. The Balaban J connectivity index is 1.94. The molecule has 16 heavy (non-hydrogen) atoms. The standard InChI is InChI=1S/C13H21NOS/c1-11-12(16-10-14-11)5-8-13(9-15)6-3-2-4-7-13/h10,15H,2-9H2,1H3. The quantitative estimate of drug-likeness (QED) is 0.874. The molecular formula is C13H21NOS. The van der Waals surface area contributed by atoms with E-state index in [1.807, 2.05) is 5.51 Å². The summed E-state index contributed by atoms with van der Waals surface area (Å²) in [6, 6.07) is 0. The van der Waals surface area contributed by atoms with Crippen LogP contribution in [0.15, 0.2) is 5.51 Å². The zero-order valence-electron chi connectivity index (χ0n) is 10.0. The van der Waals surface area contributed by atoms with E-state index >= 15 is 0 Å². The second-order valence-corrected chi connectivity index (χ2v) is 6.02. The van der Waals surface area contributed by atoms with Crippen LogP contribution in [0.2, 0.25) is 0 Å². The van der Waals surface area contributed by atoms with E-state index in [9.17, 15) is 5.11 Å². The Bertz CT molecular complexity index is 328. The van der Waals surface area contributed by atoms with Crippen LogP contribution in [0.4, 0.5) is 0 Å². The first-order chi connectivity index (χ1) is 7.76. The van der Waals surface area contributed by atoms with Crippen LogP contribution in [0.1, 0.15) is 49.1 Å². The molecule has 3 heteroatoms. The van der Waals surface area contributed by atoms with Gasteiger partial charge in [-0.05, 0) is 38.0 Å². The van der Waals surface area contributed by atoms with Crippen LogP contribution in [-0.4, -0.2) is 16.7 Å². The molecule has 1 N–H and O–H groups in total. The van der Waals surface area contributed by atoms with Gasteiger partial charge in [0.1, 0.15) is 0 Å². The summed E-state index contributed by atoms with van der Waals surface area (Å²) in [4.78, 5) is 5.69. The molecule has 2 nitrogen and oxygen atoms in total. The summed E-state index contributed by atoms with van der Waals surface area (Å²) in [6.07, 6.45) is 8.58. The van der Waals surface area contributed by atoms with Gasteiger partial charge in [0, 0.05) is 11.5 Å². The monoisotopic (exact) mass is 239 g/mol. The highest BCUT2D eigenvalue weighted by molar-refractivity contribution is 7.09. The lowest BCUT2D eigenvalue weighted by molar-refractivity contribution is 0.0739. The zero-order valence-corrected chi connectivity index (χ0v) is 10.9. The Morgan fingerprint density at radius 2 is 2.12 bits per heavy atom. The number of nitrogens with zero attached hydrogens (tertiary/aromatic N) is 1. The van der Waals surface area contributed by atoms with Crippen LogP contribution in [0, 0.1) is 12.3 Å². The van der Waals surface area contributed by atoms with E-state index in [2.05, 4.69) is 11.9 Å². The number of hydrogen-bond donors (Lipinski definition) is 1. The minimum absolute atomic E-state index is 0.217. The van der Waals surface area contributed by atoms with Crippen LogP contribution in [0.5, 0.6) is 0 Å². The smallest absolute Gasteiger partial charge is 0.0797 e. The Morgan fingerprint density at radius 1 is 1.38 bits per heavy atom. The molecule has 0 aromatic carbocycles. The fourth-order valence-corrected chi connectivity index (χ4v) is 3.52. The summed E-state index contributed by atoms with van der Waals surface area (Å²) in [5, 5.41) is 9.63. The van der Waals surface area contributed by atoms with Crippen molar-refractivity contribution in [3.8, 4) is 0 Å². The molecule has 1 aromatic rings. The van der Waals surface area contributed by atoms with Crippen molar-refractivity contribution in [2.24, 2.45) is 5.41 Å². The predicted molar refractivity (Wildman–Crippen MR) is 67.8 cm³/mol. The highest BCUT2D eigenvalue weighted by atomic mass is 32.1. The first kappa shape index (κ1) is 12.1. The predicted octanol–water partition coefficient (Wildman–Crippen LogP) is 3.33. The third-order valence-corrected chi connectivity index (χ3v) is 4.97. The van der Waals surface area contributed by atoms with Crippen molar-refractivity contribution in [2.75, 3.05) is 6.61 Å². The Morgan fingerprint density at radius 3 is 2.69 bits per heavy atom. The zero-order chi connectivity index (χ0) is 11.4. The molecule has 0 unspecified atom stereocenters. The van der Waals surface area contributed by atoms with Gasteiger partial charge in [-0.2, -0.15) is 0 Å². The van der Waals surface area contributed by atoms with Crippen molar-refractivity contribution in [1.29, 1.82) is 0 Å². The van der Waals surface area contributed by atoms with Crippen molar-refractivity contribution in [2.45, 2.75) is 51.9 Å². The maximum absolute atomic E-state index is 9.63. The van der Waals surface area contributed by atoms with Crippen LogP contribution in [-0.2, 0) is 6.42 Å². The molecule has 0 spiro atoms. The highest BCUT2D eigenvalue weighted by Crippen LogP contribution is 2.40. The van der Waals surface area contributed by atoms with E-state index in [1.165, 1.54) is 42.7 Å². The summed E-state index contributed by atoms with van der Waals surface area (Å²) in [5.74, 6) is 0. The summed E-state index contributed by atoms with van der Waals surface area (Å²) >= 11 is 1.75. The molecule has 1 aromatic heterocycles. The molecule has 0 aliphatic heterocycles. The number of aryl methyl sites for hydroxylation is 2. The summed E-state index contributed by atoms with van der Waals surface area (Å²) < 4.78 is 0.